The van der Waals surface area contributed by atoms with Crippen LogP contribution in [0.5, 0.6) is 0 Å². The number of hydrogen-bond acceptors (Lipinski definition) is 5. The highest BCUT2D eigenvalue weighted by Gasteiger charge is 2.14. The number of carbonyl (C=O) groups excluding carboxylic acids is 1. The van der Waals surface area contributed by atoms with Crippen LogP contribution in [0.1, 0.15) is 19.8 Å². The Bertz CT molecular complexity index is 255. The average molecular weight is 218 g/mol. The second-order valence-corrected chi connectivity index (χ2v) is 2.81. The molecule has 1 unspecified atom stereocenters. The van der Waals surface area contributed by atoms with Crippen LogP contribution >= 0.6 is 0 Å². The van der Waals surface area contributed by atoms with Gasteiger partial charge in [-0.1, -0.05) is 6.08 Å². The summed E-state index contributed by atoms with van der Waals surface area (Å²) < 4.78 is 4.36. The quantitative estimate of drug-likeness (QED) is 0.320. The number of carbonyl (C=O) groups is 2. The predicted molar refractivity (Wildman–Crippen MR) is 49.8 cm³/mol. The molecule has 0 fully saturated rings. The van der Waals surface area contributed by atoms with Crippen LogP contribution in [-0.4, -0.2) is 40.2 Å². The molecule has 0 aliphatic heterocycles. The lowest BCUT2D eigenvalue weighted by atomic mass is 10.1. The van der Waals surface area contributed by atoms with Gasteiger partial charge in [-0.05, 0) is 13.3 Å². The Morgan fingerprint density at radius 2 is 2.07 bits per heavy atom. The molecule has 0 bridgehead atoms. The molecule has 0 amide bonds. The number of aliphatic carboxylic acids is 1. The van der Waals surface area contributed by atoms with Gasteiger partial charge in [0.2, 0.25) is 0 Å². The van der Waals surface area contributed by atoms with Gasteiger partial charge in [-0.15, -0.1) is 0 Å². The number of rotatable bonds is 6. The molecule has 0 rings (SSSR count). The van der Waals surface area contributed by atoms with E-state index in [1.54, 1.807) is 0 Å². The van der Waals surface area contributed by atoms with E-state index in [2.05, 4.69) is 4.74 Å². The first-order valence-electron chi connectivity index (χ1n) is 4.38. The summed E-state index contributed by atoms with van der Waals surface area (Å²) in [6.07, 6.45) is -0.291. The first kappa shape index (κ1) is 13.6. The largest absolute Gasteiger partial charge is 0.478 e. The maximum Gasteiger partial charge on any atom is 0.331 e. The number of aliphatic hydroxyl groups excluding tert-OH is 2. The van der Waals surface area contributed by atoms with Gasteiger partial charge in [-0.3, -0.25) is 4.79 Å². The normalized spacial score (nSPS) is 13.4. The fourth-order valence-corrected chi connectivity index (χ4v) is 0.861. The summed E-state index contributed by atoms with van der Waals surface area (Å²) in [5.41, 5.74) is -0.158. The Morgan fingerprint density at radius 1 is 1.47 bits per heavy atom. The minimum absolute atomic E-state index is 0.156. The van der Waals surface area contributed by atoms with Crippen LogP contribution in [-0.2, 0) is 14.3 Å². The minimum atomic E-state index is -1.26. The predicted octanol–water partition coefficient (Wildman–Crippen LogP) is -0.349. The van der Waals surface area contributed by atoms with Crippen molar-refractivity contribution >= 4 is 11.9 Å². The molecule has 6 nitrogen and oxygen atoms in total. The lowest BCUT2D eigenvalue weighted by molar-refractivity contribution is -0.164. The van der Waals surface area contributed by atoms with Gasteiger partial charge in [0.15, 0.2) is 6.29 Å². The van der Waals surface area contributed by atoms with E-state index >= 15 is 0 Å². The molecule has 0 saturated heterocycles. The third-order valence-corrected chi connectivity index (χ3v) is 1.43. The van der Waals surface area contributed by atoms with Crippen molar-refractivity contribution in [1.29, 1.82) is 0 Å². The molecule has 0 aromatic heterocycles. The van der Waals surface area contributed by atoms with E-state index in [0.717, 1.165) is 0 Å². The molecule has 0 heterocycles. The summed E-state index contributed by atoms with van der Waals surface area (Å²) in [5, 5.41) is 25.8. The van der Waals surface area contributed by atoms with Crippen molar-refractivity contribution in [2.75, 3.05) is 6.61 Å². The van der Waals surface area contributed by atoms with Crippen LogP contribution in [0.15, 0.2) is 11.6 Å². The van der Waals surface area contributed by atoms with Gasteiger partial charge in [0.05, 0.1) is 6.42 Å². The number of ether oxygens (including phenoxy) is 1. The van der Waals surface area contributed by atoms with Crippen molar-refractivity contribution in [3.8, 4) is 0 Å². The molecule has 86 valence electrons. The number of esters is 1. The Balaban J connectivity index is 4.29. The molecule has 15 heavy (non-hydrogen) atoms. The van der Waals surface area contributed by atoms with Gasteiger partial charge >= 0.3 is 11.9 Å². The van der Waals surface area contributed by atoms with Crippen LogP contribution in [0.4, 0.5) is 0 Å². The monoisotopic (exact) mass is 218 g/mol. The van der Waals surface area contributed by atoms with E-state index < -0.39 is 24.6 Å². The van der Waals surface area contributed by atoms with Crippen molar-refractivity contribution in [3.63, 3.8) is 0 Å². The van der Waals surface area contributed by atoms with Gasteiger partial charge in [0.25, 0.3) is 0 Å². The smallest absolute Gasteiger partial charge is 0.331 e. The van der Waals surface area contributed by atoms with E-state index in [1.807, 2.05) is 0 Å². The van der Waals surface area contributed by atoms with E-state index in [1.165, 1.54) is 13.0 Å². The number of carboxylic acid groups (broad SMARTS) is 1. The third kappa shape index (κ3) is 6.64. The zero-order chi connectivity index (χ0) is 11.8. The van der Waals surface area contributed by atoms with Gasteiger partial charge in [-0.25, -0.2) is 4.79 Å². The van der Waals surface area contributed by atoms with Gasteiger partial charge in [0.1, 0.15) is 0 Å². The molecule has 0 aliphatic carbocycles. The van der Waals surface area contributed by atoms with E-state index in [-0.39, 0.29) is 18.6 Å². The maximum absolute atomic E-state index is 11.0. The Kier molecular flexibility index (Phi) is 6.32. The zero-order valence-corrected chi connectivity index (χ0v) is 8.34. The van der Waals surface area contributed by atoms with Crippen LogP contribution < -0.4 is 0 Å². The lowest BCUT2D eigenvalue weighted by Gasteiger charge is -2.06. The highest BCUT2D eigenvalue weighted by molar-refractivity contribution is 5.92. The summed E-state index contributed by atoms with van der Waals surface area (Å²) in [7, 11) is 0. The maximum atomic E-state index is 11.0. The highest BCUT2D eigenvalue weighted by Crippen LogP contribution is 2.05. The van der Waals surface area contributed by atoms with Crippen molar-refractivity contribution in [1.82, 2.24) is 0 Å². The third-order valence-electron chi connectivity index (χ3n) is 1.43. The molecular weight excluding hydrogens is 204 g/mol. The minimum Gasteiger partial charge on any atom is -0.478 e. The number of aliphatic hydroxyl groups is 2. The standard InChI is InChI=1S/C9H14O6/c1-6(11)15-8(12)5-7(9(13)14)3-2-4-10/h3,6,10-11H,2,4-5H2,1H3,(H,13,14). The summed E-state index contributed by atoms with van der Waals surface area (Å²) in [4.78, 5) is 21.6. The van der Waals surface area contributed by atoms with Crippen molar-refractivity contribution in [3.05, 3.63) is 11.6 Å². The summed E-state index contributed by atoms with van der Waals surface area (Å²) in [6.45, 7) is 1.05. The van der Waals surface area contributed by atoms with Crippen LogP contribution in [0.2, 0.25) is 0 Å². The molecule has 0 spiro atoms. The zero-order valence-electron chi connectivity index (χ0n) is 8.34. The van der Waals surface area contributed by atoms with E-state index in [9.17, 15) is 9.59 Å². The van der Waals surface area contributed by atoms with Gasteiger partial charge in [0, 0.05) is 12.2 Å². The molecule has 0 saturated carbocycles. The molecule has 0 radical (unpaired) electrons. The fourth-order valence-electron chi connectivity index (χ4n) is 0.861. The highest BCUT2D eigenvalue weighted by atomic mass is 16.6. The van der Waals surface area contributed by atoms with Crippen molar-refractivity contribution in [2.24, 2.45) is 0 Å². The molecule has 0 aromatic rings. The number of hydrogen-bond donors (Lipinski definition) is 3. The molecule has 0 aliphatic rings. The Hall–Kier alpha value is -1.40. The molecular formula is C9H14O6. The second kappa shape index (κ2) is 6.97. The van der Waals surface area contributed by atoms with Crippen molar-refractivity contribution < 1.29 is 29.6 Å². The SMILES string of the molecule is CC(O)OC(=O)CC(=CCCO)C(=O)O. The van der Waals surface area contributed by atoms with E-state index in [4.69, 9.17) is 15.3 Å². The van der Waals surface area contributed by atoms with Gasteiger partial charge < -0.3 is 20.1 Å². The van der Waals surface area contributed by atoms with Crippen molar-refractivity contribution in [2.45, 2.75) is 26.1 Å². The van der Waals surface area contributed by atoms with Crippen LogP contribution in [0.25, 0.3) is 0 Å². The fraction of sp³-hybridized carbons (Fsp3) is 0.556. The Labute approximate surface area is 86.8 Å². The first-order chi connectivity index (χ1) is 6.97. The van der Waals surface area contributed by atoms with Gasteiger partial charge in [-0.2, -0.15) is 0 Å². The average Bonchev–Trinajstić information content (AvgIpc) is 2.10. The summed E-state index contributed by atoms with van der Waals surface area (Å²) >= 11 is 0. The topological polar surface area (TPSA) is 104 Å². The molecule has 6 heteroatoms. The van der Waals surface area contributed by atoms with Crippen LogP contribution in [0.3, 0.4) is 0 Å². The Morgan fingerprint density at radius 3 is 2.47 bits per heavy atom. The molecule has 1 atom stereocenters. The van der Waals surface area contributed by atoms with Crippen LogP contribution in [0, 0.1) is 0 Å². The molecule has 0 aromatic carbocycles. The number of carboxylic acids is 1. The summed E-state index contributed by atoms with van der Waals surface area (Å²) in [5.74, 6) is -2.07. The lowest BCUT2D eigenvalue weighted by Crippen LogP contribution is -2.16. The summed E-state index contributed by atoms with van der Waals surface area (Å²) in [6, 6.07) is 0. The first-order valence-corrected chi connectivity index (χ1v) is 4.38. The molecule has 3 N–H and O–H groups in total. The van der Waals surface area contributed by atoms with E-state index in [0.29, 0.717) is 0 Å². The second-order valence-electron chi connectivity index (χ2n) is 2.81.